The van der Waals surface area contributed by atoms with Gasteiger partial charge < -0.3 is 19.2 Å². The Kier molecular flexibility index (Phi) is 4.62. The summed E-state index contributed by atoms with van der Waals surface area (Å²) in [6.45, 7) is 4.13. The third-order valence-electron chi connectivity index (χ3n) is 5.10. The van der Waals surface area contributed by atoms with Gasteiger partial charge in [-0.25, -0.2) is 0 Å². The van der Waals surface area contributed by atoms with Crippen LogP contribution in [0.4, 0.5) is 5.69 Å². The van der Waals surface area contributed by atoms with Crippen LogP contribution < -0.4 is 20.2 Å². The van der Waals surface area contributed by atoms with Gasteiger partial charge in [-0.05, 0) is 35.8 Å². The molecule has 1 amide bonds. The van der Waals surface area contributed by atoms with Crippen LogP contribution in [0.15, 0.2) is 45.8 Å². The molecular weight excluding hydrogens is 370 g/mol. The third-order valence-corrected chi connectivity index (χ3v) is 5.10. The first-order valence-corrected chi connectivity index (χ1v) is 9.27. The molecule has 6 nitrogen and oxygen atoms in total. The summed E-state index contributed by atoms with van der Waals surface area (Å²) < 4.78 is 16.3. The van der Waals surface area contributed by atoms with Crippen LogP contribution in [0.25, 0.3) is 22.6 Å². The summed E-state index contributed by atoms with van der Waals surface area (Å²) in [4.78, 5) is 25.6. The van der Waals surface area contributed by atoms with Crippen LogP contribution in [0.2, 0.25) is 0 Å². The monoisotopic (exact) mass is 391 g/mol. The molecule has 0 saturated carbocycles. The average Bonchev–Trinajstić information content (AvgIpc) is 3.02. The van der Waals surface area contributed by atoms with Crippen molar-refractivity contribution in [2.24, 2.45) is 0 Å². The maximum absolute atomic E-state index is 13.1. The van der Waals surface area contributed by atoms with Crippen molar-refractivity contribution in [3.05, 3.63) is 63.5 Å². The number of benzene rings is 2. The first-order valence-electron chi connectivity index (χ1n) is 9.27. The SMILES string of the molecule is COc1cc2c(cc1OC)/C(=C/c1coc3ccc(C(C)C)cc3c1=O)C(=O)N2. The molecule has 0 aliphatic carbocycles. The van der Waals surface area contributed by atoms with Gasteiger partial charge in [-0.15, -0.1) is 0 Å². The van der Waals surface area contributed by atoms with Gasteiger partial charge in [0.05, 0.1) is 30.9 Å². The number of carbonyl (C=O) groups is 1. The Bertz CT molecular complexity index is 1220. The minimum atomic E-state index is -0.300. The van der Waals surface area contributed by atoms with Crippen LogP contribution in [0.3, 0.4) is 0 Å². The van der Waals surface area contributed by atoms with Crippen LogP contribution in [0.5, 0.6) is 11.5 Å². The first-order chi connectivity index (χ1) is 13.9. The van der Waals surface area contributed by atoms with Gasteiger partial charge in [-0.3, -0.25) is 9.59 Å². The van der Waals surface area contributed by atoms with Gasteiger partial charge in [0.1, 0.15) is 11.8 Å². The molecule has 148 valence electrons. The summed E-state index contributed by atoms with van der Waals surface area (Å²) in [6, 6.07) is 9.03. The number of hydrogen-bond donors (Lipinski definition) is 1. The largest absolute Gasteiger partial charge is 0.493 e. The zero-order chi connectivity index (χ0) is 20.7. The highest BCUT2D eigenvalue weighted by atomic mass is 16.5. The zero-order valence-corrected chi connectivity index (χ0v) is 16.7. The van der Waals surface area contributed by atoms with E-state index in [9.17, 15) is 9.59 Å². The van der Waals surface area contributed by atoms with E-state index < -0.39 is 0 Å². The number of carbonyl (C=O) groups excluding carboxylic acids is 1. The van der Waals surface area contributed by atoms with Crippen LogP contribution >= 0.6 is 0 Å². The molecule has 0 radical (unpaired) electrons. The molecule has 1 aliphatic heterocycles. The van der Waals surface area contributed by atoms with Crippen molar-refractivity contribution in [2.45, 2.75) is 19.8 Å². The third kappa shape index (κ3) is 3.16. The number of nitrogens with one attached hydrogen (secondary N) is 1. The van der Waals surface area contributed by atoms with Crippen molar-refractivity contribution in [3.8, 4) is 11.5 Å². The van der Waals surface area contributed by atoms with Crippen molar-refractivity contribution in [1.82, 2.24) is 0 Å². The lowest BCUT2D eigenvalue weighted by molar-refractivity contribution is -0.110. The maximum Gasteiger partial charge on any atom is 0.256 e. The molecular formula is C23H21NO5. The molecule has 1 aromatic heterocycles. The summed E-state index contributed by atoms with van der Waals surface area (Å²) in [7, 11) is 3.06. The summed E-state index contributed by atoms with van der Waals surface area (Å²) >= 11 is 0. The number of rotatable bonds is 4. The Hall–Kier alpha value is -3.54. The van der Waals surface area contributed by atoms with E-state index in [2.05, 4.69) is 19.2 Å². The van der Waals surface area contributed by atoms with Crippen molar-refractivity contribution in [3.63, 3.8) is 0 Å². The molecule has 1 N–H and O–H groups in total. The van der Waals surface area contributed by atoms with E-state index in [4.69, 9.17) is 13.9 Å². The molecule has 0 fully saturated rings. The Morgan fingerprint density at radius 1 is 1.03 bits per heavy atom. The Labute approximate surface area is 167 Å². The van der Waals surface area contributed by atoms with Gasteiger partial charge in [-0.2, -0.15) is 0 Å². The van der Waals surface area contributed by atoms with E-state index >= 15 is 0 Å². The van der Waals surface area contributed by atoms with Gasteiger partial charge in [-0.1, -0.05) is 19.9 Å². The number of ether oxygens (including phenoxy) is 2. The van der Waals surface area contributed by atoms with E-state index in [0.717, 1.165) is 5.56 Å². The topological polar surface area (TPSA) is 77.8 Å². The standard InChI is InChI=1S/C23H21NO5/c1-12(2)13-5-6-19-17(7-13)22(25)14(11-29-19)8-16-15-9-20(27-3)21(28-4)10-18(15)24-23(16)26/h5-12H,1-4H3,(H,24,26)/b16-8-. The fourth-order valence-electron chi connectivity index (χ4n) is 3.44. The predicted octanol–water partition coefficient (Wildman–Crippen LogP) is 4.43. The van der Waals surface area contributed by atoms with E-state index in [0.29, 0.717) is 44.9 Å². The van der Waals surface area contributed by atoms with Gasteiger partial charge in [0.2, 0.25) is 0 Å². The number of hydrogen-bond acceptors (Lipinski definition) is 5. The summed E-state index contributed by atoms with van der Waals surface area (Å²) in [6.07, 6.45) is 2.94. The molecule has 3 aromatic rings. The fraction of sp³-hybridized carbons (Fsp3) is 0.217. The lowest BCUT2D eigenvalue weighted by Gasteiger charge is -2.09. The van der Waals surface area contributed by atoms with Crippen molar-refractivity contribution in [2.75, 3.05) is 19.5 Å². The van der Waals surface area contributed by atoms with Crippen LogP contribution in [-0.2, 0) is 4.79 Å². The molecule has 0 atom stereocenters. The van der Waals surface area contributed by atoms with Gasteiger partial charge in [0, 0.05) is 17.2 Å². The fourth-order valence-corrected chi connectivity index (χ4v) is 3.44. The van der Waals surface area contributed by atoms with Gasteiger partial charge in [0.15, 0.2) is 16.9 Å². The van der Waals surface area contributed by atoms with E-state index in [1.54, 1.807) is 24.3 Å². The minimum Gasteiger partial charge on any atom is -0.493 e. The second kappa shape index (κ2) is 7.13. The molecule has 1 aliphatic rings. The normalized spacial score (nSPS) is 14.4. The molecule has 2 heterocycles. The molecule has 6 heteroatoms. The number of amides is 1. The smallest absolute Gasteiger partial charge is 0.256 e. The minimum absolute atomic E-state index is 0.178. The number of methoxy groups -OCH3 is 2. The molecule has 0 unspecified atom stereocenters. The Balaban J connectivity index is 1.87. The average molecular weight is 391 g/mol. The van der Waals surface area contributed by atoms with Crippen LogP contribution in [-0.4, -0.2) is 20.1 Å². The quantitative estimate of drug-likeness (QED) is 0.666. The summed E-state index contributed by atoms with van der Waals surface area (Å²) in [5.74, 6) is 1.00. The van der Waals surface area contributed by atoms with E-state index in [-0.39, 0.29) is 17.3 Å². The first kappa shape index (κ1) is 18.8. The maximum atomic E-state index is 13.1. The second-order valence-electron chi connectivity index (χ2n) is 7.20. The Morgan fingerprint density at radius 3 is 2.45 bits per heavy atom. The zero-order valence-electron chi connectivity index (χ0n) is 16.7. The molecule has 2 aromatic carbocycles. The van der Waals surface area contributed by atoms with Crippen molar-refractivity contribution >= 4 is 34.2 Å². The number of fused-ring (bicyclic) bond motifs is 2. The second-order valence-corrected chi connectivity index (χ2v) is 7.20. The predicted molar refractivity (Wildman–Crippen MR) is 113 cm³/mol. The van der Waals surface area contributed by atoms with Crippen LogP contribution in [0, 0.1) is 0 Å². The van der Waals surface area contributed by atoms with E-state index in [1.807, 2.05) is 12.1 Å². The molecule has 4 rings (SSSR count). The number of anilines is 1. The van der Waals surface area contributed by atoms with Gasteiger partial charge in [0.25, 0.3) is 5.91 Å². The van der Waals surface area contributed by atoms with Crippen molar-refractivity contribution in [1.29, 1.82) is 0 Å². The van der Waals surface area contributed by atoms with Crippen LogP contribution in [0.1, 0.15) is 36.5 Å². The highest BCUT2D eigenvalue weighted by Crippen LogP contribution is 2.41. The lowest BCUT2D eigenvalue weighted by Crippen LogP contribution is -2.08. The molecule has 0 bridgehead atoms. The molecule has 0 saturated heterocycles. The highest BCUT2D eigenvalue weighted by molar-refractivity contribution is 6.35. The molecule has 29 heavy (non-hydrogen) atoms. The van der Waals surface area contributed by atoms with Crippen molar-refractivity contribution < 1.29 is 18.7 Å². The summed E-state index contributed by atoms with van der Waals surface area (Å²) in [5, 5.41) is 3.30. The lowest BCUT2D eigenvalue weighted by atomic mass is 10.00. The molecule has 0 spiro atoms. The highest BCUT2D eigenvalue weighted by Gasteiger charge is 2.27. The Morgan fingerprint density at radius 2 is 1.76 bits per heavy atom. The van der Waals surface area contributed by atoms with Gasteiger partial charge >= 0.3 is 0 Å². The van der Waals surface area contributed by atoms with E-state index in [1.165, 1.54) is 20.5 Å². The summed E-state index contributed by atoms with van der Waals surface area (Å²) in [5.41, 5.74) is 3.32.